The third-order valence-electron chi connectivity index (χ3n) is 15.0. The van der Waals surface area contributed by atoms with Crippen molar-refractivity contribution in [2.45, 2.75) is 19.3 Å². The average Bonchev–Trinajstić information content (AvgIpc) is 3.70. The van der Waals surface area contributed by atoms with E-state index in [1.807, 2.05) is 0 Å². The molecule has 12 aromatic carbocycles. The first kappa shape index (κ1) is 44.5. The molecule has 352 valence electrons. The number of para-hydroxylation sites is 2. The molecule has 0 aliphatic heterocycles. The monoisotopic (exact) mass is 947 g/mol. The lowest BCUT2D eigenvalue weighted by Gasteiger charge is -2.28. The van der Waals surface area contributed by atoms with E-state index < -0.39 is 0 Å². The van der Waals surface area contributed by atoms with Crippen LogP contribution in [0.5, 0.6) is 0 Å². The molecular weight excluding hydrogens is 895 g/mol. The smallest absolute Gasteiger partial charge is 0.0540 e. The normalized spacial score (nSPS) is 12.3. The van der Waals surface area contributed by atoms with Crippen LogP contribution in [0.25, 0.3) is 54.9 Å². The predicted octanol–water partition coefficient (Wildman–Crippen LogP) is 20.0. The van der Waals surface area contributed by atoms with Crippen molar-refractivity contribution >= 4 is 72.7 Å². The van der Waals surface area contributed by atoms with Crippen LogP contribution in [-0.2, 0) is 5.41 Å². The summed E-state index contributed by atoms with van der Waals surface area (Å²) in [6.45, 7) is 4.71. The second kappa shape index (κ2) is 18.6. The van der Waals surface area contributed by atoms with Crippen molar-refractivity contribution in [3.63, 3.8) is 0 Å². The molecule has 1 aliphatic rings. The molecule has 0 amide bonds. The Morgan fingerprint density at radius 1 is 0.243 bits per heavy atom. The van der Waals surface area contributed by atoms with E-state index in [2.05, 4.69) is 314 Å². The van der Waals surface area contributed by atoms with Crippen molar-refractivity contribution in [3.05, 3.63) is 296 Å². The third kappa shape index (κ3) is 7.96. The van der Waals surface area contributed by atoms with Gasteiger partial charge in [0.15, 0.2) is 0 Å². The van der Waals surface area contributed by atoms with E-state index >= 15 is 0 Å². The van der Waals surface area contributed by atoms with Crippen molar-refractivity contribution < 1.29 is 0 Å². The minimum atomic E-state index is -0.132. The summed E-state index contributed by atoms with van der Waals surface area (Å²) >= 11 is 0. The van der Waals surface area contributed by atoms with Gasteiger partial charge in [0.25, 0.3) is 0 Å². The molecule has 3 heteroatoms. The lowest BCUT2D eigenvalue weighted by molar-refractivity contribution is 0.660. The number of nitrogens with zero attached hydrogens (tertiary/aromatic N) is 3. The summed E-state index contributed by atoms with van der Waals surface area (Å²) < 4.78 is 0. The molecule has 0 bridgehead atoms. The average molecular weight is 948 g/mol. The van der Waals surface area contributed by atoms with Gasteiger partial charge in [0.05, 0.1) is 11.4 Å². The van der Waals surface area contributed by atoms with Gasteiger partial charge in [-0.2, -0.15) is 0 Å². The van der Waals surface area contributed by atoms with Gasteiger partial charge < -0.3 is 14.7 Å². The van der Waals surface area contributed by atoms with Gasteiger partial charge in [-0.3, -0.25) is 0 Å². The number of hydrogen-bond donors (Lipinski definition) is 0. The molecule has 0 unspecified atom stereocenters. The van der Waals surface area contributed by atoms with E-state index in [9.17, 15) is 0 Å². The van der Waals surface area contributed by atoms with Crippen molar-refractivity contribution in [3.8, 4) is 33.4 Å². The number of anilines is 9. The summed E-state index contributed by atoms with van der Waals surface area (Å²) in [6.07, 6.45) is 0. The van der Waals surface area contributed by atoms with Gasteiger partial charge in [-0.1, -0.05) is 202 Å². The van der Waals surface area contributed by atoms with E-state index in [1.54, 1.807) is 0 Å². The highest BCUT2D eigenvalue weighted by Gasteiger charge is 2.36. The zero-order valence-electron chi connectivity index (χ0n) is 41.5. The molecule has 13 rings (SSSR count). The first-order valence-electron chi connectivity index (χ1n) is 25.6. The summed E-state index contributed by atoms with van der Waals surface area (Å²) in [5.74, 6) is 0. The molecule has 1 aliphatic carbocycles. The molecule has 74 heavy (non-hydrogen) atoms. The molecule has 3 nitrogen and oxygen atoms in total. The number of fused-ring (bicyclic) bond motifs is 5. The Kier molecular flexibility index (Phi) is 11.2. The summed E-state index contributed by atoms with van der Waals surface area (Å²) in [7, 11) is 0. The molecule has 0 saturated carbocycles. The lowest BCUT2D eigenvalue weighted by atomic mass is 9.82. The van der Waals surface area contributed by atoms with Gasteiger partial charge in [0, 0.05) is 56.0 Å². The highest BCUT2D eigenvalue weighted by molar-refractivity contribution is 6.00. The van der Waals surface area contributed by atoms with Gasteiger partial charge >= 0.3 is 0 Å². The van der Waals surface area contributed by atoms with Crippen LogP contribution < -0.4 is 14.7 Å². The molecule has 0 heterocycles. The maximum atomic E-state index is 2.41. The Hall–Kier alpha value is -9.44. The molecular formula is C71H53N3. The SMILES string of the molecule is CC1(C)c2ccccc2-c2ccc(N(c3ccc(-c4ccc(N(c5ccccc5)c5cccc6ccccc56)cc4)cc3)c3ccc(-c4ccc(N(c5ccccc5)c5cccc6ccccc56)cc4)cc3)cc21. The second-order valence-electron chi connectivity index (χ2n) is 19.8. The largest absolute Gasteiger partial charge is 0.310 e. The first-order valence-corrected chi connectivity index (χ1v) is 25.6. The Labute approximate surface area is 434 Å². The van der Waals surface area contributed by atoms with Gasteiger partial charge in [-0.15, -0.1) is 0 Å². The van der Waals surface area contributed by atoms with Crippen LogP contribution in [0.4, 0.5) is 51.2 Å². The molecule has 0 saturated heterocycles. The van der Waals surface area contributed by atoms with E-state index in [0.29, 0.717) is 0 Å². The molecule has 0 fully saturated rings. The minimum absolute atomic E-state index is 0.132. The Morgan fingerprint density at radius 3 is 1.04 bits per heavy atom. The van der Waals surface area contributed by atoms with Crippen LogP contribution in [0.2, 0.25) is 0 Å². The molecule has 12 aromatic rings. The number of benzene rings is 12. The second-order valence-corrected chi connectivity index (χ2v) is 19.8. The van der Waals surface area contributed by atoms with Crippen molar-refractivity contribution in [1.29, 1.82) is 0 Å². The molecule has 0 spiro atoms. The fourth-order valence-corrected chi connectivity index (χ4v) is 11.3. The summed E-state index contributed by atoms with van der Waals surface area (Å²) in [4.78, 5) is 7.12. The van der Waals surface area contributed by atoms with E-state index in [0.717, 1.165) is 73.4 Å². The number of rotatable bonds is 11. The summed E-state index contributed by atoms with van der Waals surface area (Å²) in [5.41, 5.74) is 19.9. The summed E-state index contributed by atoms with van der Waals surface area (Å²) in [5, 5.41) is 4.87. The fourth-order valence-electron chi connectivity index (χ4n) is 11.3. The third-order valence-corrected chi connectivity index (χ3v) is 15.0. The maximum Gasteiger partial charge on any atom is 0.0540 e. The summed E-state index contributed by atoms with van der Waals surface area (Å²) in [6, 6.07) is 104. The number of hydrogen-bond acceptors (Lipinski definition) is 3. The molecule has 0 aromatic heterocycles. The topological polar surface area (TPSA) is 9.72 Å². The Morgan fingerprint density at radius 2 is 0.581 bits per heavy atom. The van der Waals surface area contributed by atoms with Crippen LogP contribution >= 0.6 is 0 Å². The van der Waals surface area contributed by atoms with Crippen molar-refractivity contribution in [2.24, 2.45) is 0 Å². The van der Waals surface area contributed by atoms with Crippen LogP contribution in [0, 0.1) is 0 Å². The molecule has 0 atom stereocenters. The lowest BCUT2D eigenvalue weighted by Crippen LogP contribution is -2.16. The fraction of sp³-hybridized carbons (Fsp3) is 0.0423. The van der Waals surface area contributed by atoms with Gasteiger partial charge in [0.2, 0.25) is 0 Å². The van der Waals surface area contributed by atoms with Crippen molar-refractivity contribution in [2.75, 3.05) is 14.7 Å². The predicted molar refractivity (Wildman–Crippen MR) is 314 cm³/mol. The van der Waals surface area contributed by atoms with Crippen molar-refractivity contribution in [1.82, 2.24) is 0 Å². The quantitative estimate of drug-likeness (QED) is 0.128. The zero-order chi connectivity index (χ0) is 49.6. The molecule has 0 N–H and O–H groups in total. The van der Waals surface area contributed by atoms with Crippen LogP contribution in [-0.4, -0.2) is 0 Å². The first-order chi connectivity index (χ1) is 36.5. The minimum Gasteiger partial charge on any atom is -0.310 e. The molecule has 0 radical (unpaired) electrons. The van der Waals surface area contributed by atoms with E-state index in [1.165, 1.54) is 43.8 Å². The van der Waals surface area contributed by atoms with Gasteiger partial charge in [-0.25, -0.2) is 0 Å². The van der Waals surface area contributed by atoms with E-state index in [4.69, 9.17) is 0 Å². The zero-order valence-corrected chi connectivity index (χ0v) is 41.5. The van der Waals surface area contributed by atoms with Gasteiger partial charge in [-0.05, 0) is 152 Å². The van der Waals surface area contributed by atoms with E-state index in [-0.39, 0.29) is 5.41 Å². The van der Waals surface area contributed by atoms with Crippen LogP contribution in [0.1, 0.15) is 25.0 Å². The van der Waals surface area contributed by atoms with Gasteiger partial charge in [0.1, 0.15) is 0 Å². The highest BCUT2D eigenvalue weighted by Crippen LogP contribution is 2.51. The highest BCUT2D eigenvalue weighted by atomic mass is 15.2. The van der Waals surface area contributed by atoms with Crippen LogP contribution in [0.3, 0.4) is 0 Å². The Bertz CT molecular complexity index is 3740. The van der Waals surface area contributed by atoms with Crippen LogP contribution in [0.15, 0.2) is 285 Å². The Balaban J connectivity index is 0.839. The maximum absolute atomic E-state index is 2.41. The standard InChI is InChI=1S/C71H53N3/c1-71(2)67-28-14-13-27-65(67)66-48-47-62(49-68(66)71)72(58-39-31-50(32-40-58)52-35-43-60(44-36-52)73(56-21-5-3-6-22-56)69-29-15-19-54-17-9-11-25-63(54)69)59-41-33-51(34-42-59)53-37-45-61(46-38-53)74(57-23-7-4-8-24-57)70-30-16-20-55-18-10-12-26-64(55)70/h3-49H,1-2H3.